The molecule has 176 valence electrons. The van der Waals surface area contributed by atoms with Gasteiger partial charge in [-0.05, 0) is 31.4 Å². The van der Waals surface area contributed by atoms with Gasteiger partial charge in [-0.15, -0.1) is 10.2 Å². The summed E-state index contributed by atoms with van der Waals surface area (Å²) >= 11 is 0.950. The first-order valence-corrected chi connectivity index (χ1v) is 12.0. The van der Waals surface area contributed by atoms with Crippen molar-refractivity contribution in [3.05, 3.63) is 28.2 Å². The summed E-state index contributed by atoms with van der Waals surface area (Å²) in [5.74, 6) is 0.443. The number of fused-ring (bicyclic) bond motifs is 1. The van der Waals surface area contributed by atoms with E-state index in [-0.39, 0.29) is 34.5 Å². The van der Waals surface area contributed by atoms with Crippen LogP contribution < -0.4 is 20.1 Å². The number of amides is 3. The number of hydrogen-bond acceptors (Lipinski definition) is 8. The lowest BCUT2D eigenvalue weighted by Crippen LogP contribution is -2.43. The number of carbonyl (C=O) groups is 3. The predicted octanol–water partition coefficient (Wildman–Crippen LogP) is 2.68. The molecule has 0 atom stereocenters. The topological polar surface area (TPSA) is 123 Å². The van der Waals surface area contributed by atoms with E-state index < -0.39 is 5.91 Å². The molecule has 0 saturated carbocycles. The zero-order valence-corrected chi connectivity index (χ0v) is 19.3. The quantitative estimate of drug-likeness (QED) is 0.565. The molecule has 0 unspecified atom stereocenters. The maximum absolute atomic E-state index is 12.8. The molecule has 4 rings (SSSR count). The number of benzene rings is 1. The smallest absolute Gasteiger partial charge is 0.286 e. The maximum atomic E-state index is 12.8. The third-order valence-corrected chi connectivity index (χ3v) is 6.58. The van der Waals surface area contributed by atoms with Gasteiger partial charge in [0.1, 0.15) is 0 Å². The van der Waals surface area contributed by atoms with E-state index in [4.69, 9.17) is 9.47 Å². The Labute approximate surface area is 195 Å². The second kappa shape index (κ2) is 10.6. The van der Waals surface area contributed by atoms with Crippen LogP contribution >= 0.6 is 11.3 Å². The van der Waals surface area contributed by atoms with E-state index >= 15 is 0 Å². The van der Waals surface area contributed by atoms with Gasteiger partial charge in [0.05, 0.1) is 0 Å². The van der Waals surface area contributed by atoms with E-state index in [9.17, 15) is 14.4 Å². The molecular formula is C22H27N5O5S. The van der Waals surface area contributed by atoms with Gasteiger partial charge in [0.15, 0.2) is 11.5 Å². The van der Waals surface area contributed by atoms with Crippen LogP contribution in [-0.4, -0.2) is 59.2 Å². The summed E-state index contributed by atoms with van der Waals surface area (Å²) in [4.78, 5) is 39.3. The molecule has 2 aliphatic rings. The molecule has 1 aromatic carbocycles. The van der Waals surface area contributed by atoms with Crippen LogP contribution in [0.4, 0.5) is 5.69 Å². The van der Waals surface area contributed by atoms with Crippen molar-refractivity contribution in [3.8, 4) is 11.5 Å². The average Bonchev–Trinajstić information content (AvgIpc) is 3.51. The fourth-order valence-corrected chi connectivity index (χ4v) is 4.48. The Morgan fingerprint density at radius 2 is 1.85 bits per heavy atom. The molecule has 3 amide bonds. The van der Waals surface area contributed by atoms with Crippen LogP contribution in [0.1, 0.15) is 58.6 Å². The van der Waals surface area contributed by atoms with Crippen LogP contribution in [0.2, 0.25) is 0 Å². The number of likely N-dealkylation sites (tertiary alicyclic amines) is 1. The average molecular weight is 474 g/mol. The Kier molecular flexibility index (Phi) is 7.38. The first-order valence-electron chi connectivity index (χ1n) is 11.2. The van der Waals surface area contributed by atoms with E-state index in [1.165, 1.54) is 0 Å². The van der Waals surface area contributed by atoms with Crippen molar-refractivity contribution >= 4 is 34.7 Å². The standard InChI is InChI=1S/C22H27N5O5S/c1-2-3-4-9-23-18(28)14-7-10-27(11-8-14)22(30)21-26-25-20(33-21)19(29)24-15-5-6-16-17(12-15)32-13-31-16/h5-6,12,14H,2-4,7-11,13H2,1H3,(H,23,28)(H,24,29). The molecule has 1 saturated heterocycles. The molecule has 2 aromatic rings. The van der Waals surface area contributed by atoms with Gasteiger partial charge in [0.25, 0.3) is 11.8 Å². The van der Waals surface area contributed by atoms with Crippen molar-refractivity contribution in [3.63, 3.8) is 0 Å². The van der Waals surface area contributed by atoms with Crippen molar-refractivity contribution in [1.29, 1.82) is 0 Å². The van der Waals surface area contributed by atoms with Gasteiger partial charge in [0.2, 0.25) is 22.7 Å². The Bertz CT molecular complexity index is 1020. The lowest BCUT2D eigenvalue weighted by molar-refractivity contribution is -0.126. The number of unbranched alkanes of at least 4 members (excludes halogenated alkanes) is 2. The normalized spacial score (nSPS) is 15.4. The van der Waals surface area contributed by atoms with Gasteiger partial charge in [-0.25, -0.2) is 0 Å². The monoisotopic (exact) mass is 473 g/mol. The van der Waals surface area contributed by atoms with E-state index in [2.05, 4.69) is 27.8 Å². The number of aromatic nitrogens is 2. The molecular weight excluding hydrogens is 446 g/mol. The number of ether oxygens (including phenoxy) is 2. The number of rotatable bonds is 8. The van der Waals surface area contributed by atoms with Gasteiger partial charge in [-0.3, -0.25) is 14.4 Å². The van der Waals surface area contributed by atoms with Gasteiger partial charge < -0.3 is 25.0 Å². The number of nitrogens with zero attached hydrogens (tertiary/aromatic N) is 3. The molecule has 1 fully saturated rings. The SMILES string of the molecule is CCCCCNC(=O)C1CCN(C(=O)c2nnc(C(=O)Nc3ccc4c(c3)OCO4)s2)CC1. The molecule has 11 heteroatoms. The molecule has 2 aliphatic heterocycles. The Hall–Kier alpha value is -3.21. The molecule has 3 heterocycles. The number of carbonyl (C=O) groups excluding carboxylic acids is 3. The Morgan fingerprint density at radius 1 is 1.09 bits per heavy atom. The Balaban J connectivity index is 1.27. The summed E-state index contributed by atoms with van der Waals surface area (Å²) in [6, 6.07) is 5.07. The molecule has 2 N–H and O–H groups in total. The van der Waals surface area contributed by atoms with E-state index in [1.807, 2.05) is 0 Å². The maximum Gasteiger partial charge on any atom is 0.286 e. The van der Waals surface area contributed by atoms with Crippen LogP contribution in [0.25, 0.3) is 0 Å². The summed E-state index contributed by atoms with van der Waals surface area (Å²) < 4.78 is 10.6. The minimum atomic E-state index is -0.455. The first kappa shape index (κ1) is 23.0. The Morgan fingerprint density at radius 3 is 2.64 bits per heavy atom. The lowest BCUT2D eigenvalue weighted by Gasteiger charge is -2.30. The molecule has 0 aliphatic carbocycles. The molecule has 0 bridgehead atoms. The summed E-state index contributed by atoms with van der Waals surface area (Å²) in [6.45, 7) is 3.93. The van der Waals surface area contributed by atoms with Gasteiger partial charge in [-0.1, -0.05) is 31.1 Å². The fraction of sp³-hybridized carbons (Fsp3) is 0.500. The van der Waals surface area contributed by atoms with Crippen LogP contribution in [0.3, 0.4) is 0 Å². The molecule has 0 radical (unpaired) electrons. The highest BCUT2D eigenvalue weighted by molar-refractivity contribution is 7.15. The van der Waals surface area contributed by atoms with Gasteiger partial charge in [-0.2, -0.15) is 0 Å². The van der Waals surface area contributed by atoms with E-state index in [0.29, 0.717) is 49.7 Å². The van der Waals surface area contributed by atoms with Crippen LogP contribution in [0.5, 0.6) is 11.5 Å². The van der Waals surface area contributed by atoms with Crippen LogP contribution in [0.15, 0.2) is 18.2 Å². The summed E-state index contributed by atoms with van der Waals surface area (Å²) in [5, 5.41) is 13.8. The number of nitrogens with one attached hydrogen (secondary N) is 2. The highest BCUT2D eigenvalue weighted by atomic mass is 32.1. The minimum absolute atomic E-state index is 0.0663. The first-order chi connectivity index (χ1) is 16.0. The second-order valence-electron chi connectivity index (χ2n) is 8.00. The number of anilines is 1. The molecule has 0 spiro atoms. The van der Waals surface area contributed by atoms with E-state index in [1.54, 1.807) is 23.1 Å². The van der Waals surface area contributed by atoms with Crippen LogP contribution in [-0.2, 0) is 4.79 Å². The molecule has 33 heavy (non-hydrogen) atoms. The number of hydrogen-bond donors (Lipinski definition) is 2. The fourth-order valence-electron chi connectivity index (χ4n) is 3.77. The van der Waals surface area contributed by atoms with Crippen molar-refractivity contribution < 1.29 is 23.9 Å². The summed E-state index contributed by atoms with van der Waals surface area (Å²) in [7, 11) is 0. The third kappa shape index (κ3) is 5.59. The zero-order valence-electron chi connectivity index (χ0n) is 18.5. The number of piperidine rings is 1. The van der Waals surface area contributed by atoms with Gasteiger partial charge in [0, 0.05) is 37.3 Å². The highest BCUT2D eigenvalue weighted by Gasteiger charge is 2.29. The van der Waals surface area contributed by atoms with Crippen LogP contribution in [0, 0.1) is 5.92 Å². The third-order valence-electron chi connectivity index (χ3n) is 5.67. The summed E-state index contributed by atoms with van der Waals surface area (Å²) in [5.41, 5.74) is 0.530. The van der Waals surface area contributed by atoms with Crippen molar-refractivity contribution in [1.82, 2.24) is 20.4 Å². The van der Waals surface area contributed by atoms with E-state index in [0.717, 1.165) is 30.6 Å². The minimum Gasteiger partial charge on any atom is -0.454 e. The zero-order chi connectivity index (χ0) is 23.2. The highest BCUT2D eigenvalue weighted by Crippen LogP contribution is 2.34. The summed E-state index contributed by atoms with van der Waals surface area (Å²) in [6.07, 6.45) is 4.43. The van der Waals surface area contributed by atoms with Crippen molar-refractivity contribution in [2.45, 2.75) is 39.0 Å². The van der Waals surface area contributed by atoms with Crippen molar-refractivity contribution in [2.24, 2.45) is 5.92 Å². The second-order valence-corrected chi connectivity index (χ2v) is 8.98. The lowest BCUT2D eigenvalue weighted by atomic mass is 9.96. The van der Waals surface area contributed by atoms with Gasteiger partial charge >= 0.3 is 0 Å². The van der Waals surface area contributed by atoms with Crippen molar-refractivity contribution in [2.75, 3.05) is 31.7 Å². The molecule has 10 nitrogen and oxygen atoms in total. The largest absolute Gasteiger partial charge is 0.454 e. The molecule has 1 aromatic heterocycles. The predicted molar refractivity (Wildman–Crippen MR) is 122 cm³/mol.